The molecule has 3 aliphatic rings. The second kappa shape index (κ2) is 9.42. The number of aromatic amines is 1. The molecule has 4 heterocycles. The first-order valence-corrected chi connectivity index (χ1v) is 12.6. The molecule has 2 bridgehead atoms. The van der Waals surface area contributed by atoms with Crippen LogP contribution in [0.2, 0.25) is 5.02 Å². The van der Waals surface area contributed by atoms with Crippen LogP contribution in [0.3, 0.4) is 0 Å². The van der Waals surface area contributed by atoms with Gasteiger partial charge in [0.2, 0.25) is 5.88 Å². The van der Waals surface area contributed by atoms with Crippen LogP contribution in [0.4, 0.5) is 14.9 Å². The van der Waals surface area contributed by atoms with Gasteiger partial charge < -0.3 is 19.7 Å². The van der Waals surface area contributed by atoms with E-state index in [1.165, 1.54) is 12.1 Å². The van der Waals surface area contributed by atoms with Crippen LogP contribution in [0, 0.1) is 5.82 Å². The average Bonchev–Trinajstić information content (AvgIpc) is 3.18. The first-order valence-electron chi connectivity index (χ1n) is 12.2. The molecule has 0 radical (unpaired) electrons. The van der Waals surface area contributed by atoms with Crippen LogP contribution in [0.15, 0.2) is 41.3 Å². The van der Waals surface area contributed by atoms with Crippen molar-refractivity contribution >= 4 is 23.3 Å². The molecule has 2 atom stereocenters. The summed E-state index contributed by atoms with van der Waals surface area (Å²) < 4.78 is 26.2. The molecule has 6 rings (SSSR count). The van der Waals surface area contributed by atoms with E-state index in [1.54, 1.807) is 36.4 Å². The van der Waals surface area contributed by atoms with Gasteiger partial charge in [0.05, 0.1) is 28.5 Å². The van der Waals surface area contributed by atoms with Crippen LogP contribution in [-0.2, 0) is 11.2 Å². The van der Waals surface area contributed by atoms with E-state index >= 15 is 4.39 Å². The number of methoxy groups -OCH3 is 1. The highest BCUT2D eigenvalue weighted by Gasteiger charge is 2.44. The quantitative estimate of drug-likeness (QED) is 0.508. The second-order valence-electron chi connectivity index (χ2n) is 9.70. The lowest BCUT2D eigenvalue weighted by Gasteiger charge is -2.35. The summed E-state index contributed by atoms with van der Waals surface area (Å²) in [4.78, 5) is 30.9. The van der Waals surface area contributed by atoms with E-state index in [9.17, 15) is 9.59 Å². The molecule has 9 nitrogen and oxygen atoms in total. The van der Waals surface area contributed by atoms with Crippen LogP contribution >= 0.6 is 11.6 Å². The van der Waals surface area contributed by atoms with E-state index in [0.29, 0.717) is 29.1 Å². The van der Waals surface area contributed by atoms with Crippen molar-refractivity contribution in [1.29, 1.82) is 0 Å². The number of fused-ring (bicyclic) bond motifs is 4. The van der Waals surface area contributed by atoms with Crippen molar-refractivity contribution in [3.8, 4) is 17.0 Å². The van der Waals surface area contributed by atoms with Gasteiger partial charge >= 0.3 is 6.03 Å². The van der Waals surface area contributed by atoms with E-state index in [0.717, 1.165) is 31.2 Å². The Morgan fingerprint density at radius 3 is 2.81 bits per heavy atom. The molecular weight excluding hydrogens is 501 g/mol. The Morgan fingerprint density at radius 2 is 2.05 bits per heavy atom. The summed E-state index contributed by atoms with van der Waals surface area (Å²) in [6.45, 7) is 0. The summed E-state index contributed by atoms with van der Waals surface area (Å²) in [5, 5.41) is 9.58. The number of halogens is 2. The van der Waals surface area contributed by atoms with Crippen LogP contribution < -0.4 is 15.6 Å². The topological polar surface area (TPSA) is 109 Å². The number of aromatic nitrogens is 3. The minimum absolute atomic E-state index is 0.0102. The zero-order chi connectivity index (χ0) is 25.7. The van der Waals surface area contributed by atoms with Crippen LogP contribution in [-0.4, -0.2) is 51.5 Å². The summed E-state index contributed by atoms with van der Waals surface area (Å²) in [5.74, 6) is -0.125. The molecule has 2 unspecified atom stereocenters. The molecule has 3 aromatic rings. The normalized spacial score (nSPS) is 23.8. The number of nitrogens with zero attached hydrogens (tertiary/aromatic N) is 3. The third-order valence-electron chi connectivity index (χ3n) is 7.45. The van der Waals surface area contributed by atoms with Gasteiger partial charge in [0.1, 0.15) is 11.9 Å². The van der Waals surface area contributed by atoms with Crippen molar-refractivity contribution in [3.63, 3.8) is 0 Å². The Morgan fingerprint density at radius 1 is 1.22 bits per heavy atom. The van der Waals surface area contributed by atoms with Crippen molar-refractivity contribution in [2.24, 2.45) is 0 Å². The summed E-state index contributed by atoms with van der Waals surface area (Å²) in [5.41, 5.74) is 2.36. The molecule has 2 amide bonds. The van der Waals surface area contributed by atoms with Gasteiger partial charge in [0.25, 0.3) is 5.56 Å². The summed E-state index contributed by atoms with van der Waals surface area (Å²) >= 11 is 6.50. The molecule has 1 saturated carbocycles. The highest BCUT2D eigenvalue weighted by Crippen LogP contribution is 2.43. The molecule has 2 aliphatic heterocycles. The molecule has 1 saturated heterocycles. The highest BCUT2D eigenvalue weighted by atomic mass is 35.5. The maximum Gasteiger partial charge on any atom is 0.322 e. The Bertz CT molecular complexity index is 1410. The number of hydrogen-bond donors (Lipinski definition) is 2. The summed E-state index contributed by atoms with van der Waals surface area (Å²) in [6, 6.07) is 6.96. The first kappa shape index (κ1) is 23.9. The Balaban J connectivity index is 1.16. The predicted molar refractivity (Wildman–Crippen MR) is 134 cm³/mol. The van der Waals surface area contributed by atoms with Gasteiger partial charge in [0, 0.05) is 55.4 Å². The molecule has 2 N–H and O–H groups in total. The standard InChI is InChI=1S/C26H25ClFN5O4/c1-36-16-8-17(9-16)37-24-5-2-13(12-29-24)18-10-20(28)21(11-19(18)27)30-26(35)33-15-3-4-22(33)25-14(6-15)7-23(34)31-32-25/h2,5,7,10-12,15-17,22H,3-4,6,8-9H2,1H3,(H,30,35)(H,31,34). The second-order valence-corrected chi connectivity index (χ2v) is 10.1. The van der Waals surface area contributed by atoms with Crippen molar-refractivity contribution in [1.82, 2.24) is 20.1 Å². The van der Waals surface area contributed by atoms with Gasteiger partial charge in [-0.1, -0.05) is 11.6 Å². The predicted octanol–water partition coefficient (Wildman–Crippen LogP) is 4.47. The number of benzene rings is 1. The maximum absolute atomic E-state index is 15.1. The minimum Gasteiger partial charge on any atom is -0.474 e. The van der Waals surface area contributed by atoms with Crippen LogP contribution in [0.25, 0.3) is 11.1 Å². The zero-order valence-electron chi connectivity index (χ0n) is 20.0. The number of urea groups is 1. The number of nitrogens with one attached hydrogen (secondary N) is 2. The smallest absolute Gasteiger partial charge is 0.322 e. The third-order valence-corrected chi connectivity index (χ3v) is 7.76. The molecule has 1 aromatic carbocycles. The molecular formula is C26H25ClFN5O4. The summed E-state index contributed by atoms with van der Waals surface area (Å²) in [7, 11) is 1.69. The van der Waals surface area contributed by atoms with Crippen molar-refractivity contribution in [2.45, 2.75) is 56.4 Å². The van der Waals surface area contributed by atoms with Crippen molar-refractivity contribution in [3.05, 3.63) is 69.0 Å². The minimum atomic E-state index is -0.611. The fraction of sp³-hybridized carbons (Fsp3) is 0.385. The number of amides is 2. The Labute approximate surface area is 216 Å². The molecule has 192 valence electrons. The van der Waals surface area contributed by atoms with Gasteiger partial charge in [-0.2, -0.15) is 5.10 Å². The average molecular weight is 526 g/mol. The van der Waals surface area contributed by atoms with Crippen LogP contribution in [0.5, 0.6) is 5.88 Å². The van der Waals surface area contributed by atoms with Gasteiger partial charge in [-0.15, -0.1) is 0 Å². The van der Waals surface area contributed by atoms with Crippen molar-refractivity contribution < 1.29 is 18.7 Å². The van der Waals surface area contributed by atoms with E-state index < -0.39 is 11.8 Å². The van der Waals surface area contributed by atoms with Crippen molar-refractivity contribution in [2.75, 3.05) is 12.4 Å². The zero-order valence-corrected chi connectivity index (χ0v) is 20.8. The third kappa shape index (κ3) is 4.44. The largest absolute Gasteiger partial charge is 0.474 e. The number of carbonyl (C=O) groups excluding carboxylic acids is 1. The SMILES string of the molecule is COC1CC(Oc2ccc(-c3cc(F)c(NC(=O)N4C5CCC4c4n[nH]c(=O)cc4C5)cc3Cl)cn2)C1. The monoisotopic (exact) mass is 525 g/mol. The number of rotatable bonds is 5. The maximum atomic E-state index is 15.1. The number of anilines is 1. The number of carbonyl (C=O) groups is 1. The van der Waals surface area contributed by atoms with Gasteiger partial charge in [-0.05, 0) is 43.0 Å². The van der Waals surface area contributed by atoms with E-state index in [1.807, 2.05) is 0 Å². The molecule has 1 aliphatic carbocycles. The highest BCUT2D eigenvalue weighted by molar-refractivity contribution is 6.33. The number of H-pyrrole nitrogens is 1. The number of ether oxygens (including phenoxy) is 2. The van der Waals surface area contributed by atoms with Gasteiger partial charge in [-0.25, -0.2) is 19.3 Å². The van der Waals surface area contributed by atoms with E-state index in [2.05, 4.69) is 20.5 Å². The molecule has 2 aromatic heterocycles. The van der Waals surface area contributed by atoms with E-state index in [4.69, 9.17) is 21.1 Å². The Hall–Kier alpha value is -3.50. The lowest BCUT2D eigenvalue weighted by atomic mass is 9.92. The fourth-order valence-electron chi connectivity index (χ4n) is 5.45. The molecule has 0 spiro atoms. The summed E-state index contributed by atoms with van der Waals surface area (Å²) in [6.07, 6.45) is 5.59. The lowest BCUT2D eigenvalue weighted by molar-refractivity contribution is -0.0396. The number of pyridine rings is 1. The molecule has 11 heteroatoms. The fourth-order valence-corrected chi connectivity index (χ4v) is 5.72. The number of hydrogen-bond acceptors (Lipinski definition) is 6. The lowest BCUT2D eigenvalue weighted by Crippen LogP contribution is -2.45. The van der Waals surface area contributed by atoms with Crippen LogP contribution in [0.1, 0.15) is 43.0 Å². The van der Waals surface area contributed by atoms with Gasteiger partial charge in [0.15, 0.2) is 0 Å². The van der Waals surface area contributed by atoms with Gasteiger partial charge in [-0.3, -0.25) is 4.79 Å². The first-order chi connectivity index (χ1) is 17.9. The molecule has 37 heavy (non-hydrogen) atoms. The Kier molecular flexibility index (Phi) is 6.08. The van der Waals surface area contributed by atoms with E-state index in [-0.39, 0.29) is 40.6 Å². The molecule has 2 fully saturated rings.